The fraction of sp³-hybridized carbons (Fsp3) is 0.714. The van der Waals surface area contributed by atoms with Gasteiger partial charge < -0.3 is 5.11 Å². The fourth-order valence-corrected chi connectivity index (χ4v) is 1.96. The second-order valence-electron chi connectivity index (χ2n) is 3.33. The number of rotatable bonds is 1. The lowest BCUT2D eigenvalue weighted by Crippen LogP contribution is -2.28. The summed E-state index contributed by atoms with van der Waals surface area (Å²) in [5, 5.41) is 8.45. The summed E-state index contributed by atoms with van der Waals surface area (Å²) >= 11 is 0. The summed E-state index contributed by atoms with van der Waals surface area (Å²) in [6.07, 6.45) is -0.576. The van der Waals surface area contributed by atoms with E-state index in [-0.39, 0.29) is 0 Å². The molecule has 0 radical (unpaired) electrons. The van der Waals surface area contributed by atoms with Crippen LogP contribution in [0.25, 0.3) is 0 Å². The molecule has 66 valence electrons. The third-order valence-electron chi connectivity index (χ3n) is 2.61. The van der Waals surface area contributed by atoms with Gasteiger partial charge in [0.2, 0.25) is 5.78 Å². The normalized spacial score (nSPS) is 42.5. The fourth-order valence-electron chi connectivity index (χ4n) is 1.96. The van der Waals surface area contributed by atoms with E-state index in [2.05, 4.69) is 0 Å². The van der Waals surface area contributed by atoms with E-state index < -0.39 is 41.8 Å². The van der Waals surface area contributed by atoms with Gasteiger partial charge in [-0.2, -0.15) is 8.78 Å². The van der Waals surface area contributed by atoms with Crippen LogP contribution in [0.3, 0.4) is 0 Å². The molecule has 2 aliphatic rings. The number of aliphatic carboxylic acids is 1. The number of carboxylic acids is 1. The van der Waals surface area contributed by atoms with Crippen LogP contribution in [0.4, 0.5) is 8.78 Å². The van der Waals surface area contributed by atoms with Gasteiger partial charge in [-0.05, 0) is 5.92 Å². The Kier molecular flexibility index (Phi) is 1.17. The van der Waals surface area contributed by atoms with Crippen molar-refractivity contribution in [3.8, 4) is 0 Å². The Labute approximate surface area is 66.4 Å². The van der Waals surface area contributed by atoms with Crippen molar-refractivity contribution in [3.63, 3.8) is 0 Å². The van der Waals surface area contributed by atoms with Gasteiger partial charge in [0.1, 0.15) is 0 Å². The maximum atomic E-state index is 12.5. The summed E-state index contributed by atoms with van der Waals surface area (Å²) in [5.74, 6) is -7.92. The summed E-state index contributed by atoms with van der Waals surface area (Å²) < 4.78 is 25.0. The molecule has 0 unspecified atom stereocenters. The van der Waals surface area contributed by atoms with E-state index in [9.17, 15) is 18.4 Å². The first-order valence-electron chi connectivity index (χ1n) is 3.60. The molecule has 2 saturated carbocycles. The van der Waals surface area contributed by atoms with Gasteiger partial charge in [0.05, 0.1) is 5.92 Å². The van der Waals surface area contributed by atoms with E-state index in [0.29, 0.717) is 0 Å². The standard InChI is InChI=1S/C7H6F2O3/c8-7(9)1-2-3(5(7)10)4(2)6(11)12/h2-4H,1H2,(H,11,12)/t2-,3+,4+/m1/s1. The average molecular weight is 176 g/mol. The lowest BCUT2D eigenvalue weighted by atomic mass is 10.1. The first kappa shape index (κ1) is 7.64. The predicted molar refractivity (Wildman–Crippen MR) is 32.7 cm³/mol. The molecule has 0 aromatic heterocycles. The molecular formula is C7H6F2O3. The SMILES string of the molecule is O=C(O)[C@H]1[C@@H]2CC(F)(F)C(=O)[C@@H]21. The van der Waals surface area contributed by atoms with Crippen molar-refractivity contribution in [1.82, 2.24) is 0 Å². The van der Waals surface area contributed by atoms with E-state index in [1.54, 1.807) is 0 Å². The Morgan fingerprint density at radius 2 is 2.17 bits per heavy atom. The molecule has 0 bridgehead atoms. The Morgan fingerprint density at radius 1 is 1.58 bits per heavy atom. The van der Waals surface area contributed by atoms with Crippen molar-refractivity contribution in [3.05, 3.63) is 0 Å². The molecule has 12 heavy (non-hydrogen) atoms. The molecule has 2 aliphatic carbocycles. The Hall–Kier alpha value is -1.00. The minimum atomic E-state index is -3.26. The zero-order chi connectivity index (χ0) is 9.09. The number of carbonyl (C=O) groups is 2. The maximum absolute atomic E-state index is 12.5. The van der Waals surface area contributed by atoms with Gasteiger partial charge in [0.25, 0.3) is 0 Å². The van der Waals surface area contributed by atoms with Gasteiger partial charge in [-0.3, -0.25) is 9.59 Å². The second-order valence-corrected chi connectivity index (χ2v) is 3.33. The number of hydrogen-bond acceptors (Lipinski definition) is 2. The van der Waals surface area contributed by atoms with Crippen LogP contribution in [-0.2, 0) is 9.59 Å². The highest BCUT2D eigenvalue weighted by Crippen LogP contribution is 2.60. The van der Waals surface area contributed by atoms with Crippen LogP contribution >= 0.6 is 0 Å². The second kappa shape index (κ2) is 1.84. The zero-order valence-corrected chi connectivity index (χ0v) is 5.96. The van der Waals surface area contributed by atoms with E-state index in [0.717, 1.165) is 0 Å². The van der Waals surface area contributed by atoms with Crippen molar-refractivity contribution in [2.45, 2.75) is 12.3 Å². The van der Waals surface area contributed by atoms with Crippen molar-refractivity contribution >= 4 is 11.8 Å². The number of Topliss-reactive ketones (excluding diaryl/α,β-unsaturated/α-hetero) is 1. The molecule has 3 nitrogen and oxygen atoms in total. The highest BCUT2D eigenvalue weighted by molar-refractivity contribution is 5.98. The van der Waals surface area contributed by atoms with Crippen molar-refractivity contribution in [2.75, 3.05) is 0 Å². The number of halogens is 2. The highest BCUT2D eigenvalue weighted by Gasteiger charge is 2.72. The molecule has 1 N–H and O–H groups in total. The van der Waals surface area contributed by atoms with Gasteiger partial charge >= 0.3 is 11.9 Å². The Morgan fingerprint density at radius 3 is 2.50 bits per heavy atom. The van der Waals surface area contributed by atoms with Crippen LogP contribution in [0.2, 0.25) is 0 Å². The predicted octanol–water partition coefficient (Wildman–Crippen LogP) is 0.541. The van der Waals surface area contributed by atoms with E-state index in [1.807, 2.05) is 0 Å². The molecule has 2 fully saturated rings. The molecule has 0 aliphatic heterocycles. The summed E-state index contributed by atoms with van der Waals surface area (Å²) in [7, 11) is 0. The number of carboxylic acid groups (broad SMARTS) is 1. The Balaban J connectivity index is 2.16. The number of hydrogen-bond donors (Lipinski definition) is 1. The molecule has 0 spiro atoms. The van der Waals surface area contributed by atoms with E-state index >= 15 is 0 Å². The van der Waals surface area contributed by atoms with E-state index in [4.69, 9.17) is 5.11 Å². The smallest absolute Gasteiger partial charge is 0.307 e. The number of fused-ring (bicyclic) bond motifs is 1. The monoisotopic (exact) mass is 176 g/mol. The maximum Gasteiger partial charge on any atom is 0.307 e. The highest BCUT2D eigenvalue weighted by atomic mass is 19.3. The molecule has 0 aromatic carbocycles. The lowest BCUT2D eigenvalue weighted by molar-refractivity contribution is -0.148. The van der Waals surface area contributed by atoms with Gasteiger partial charge in [-0.1, -0.05) is 0 Å². The molecule has 5 heteroatoms. The van der Waals surface area contributed by atoms with Crippen LogP contribution in [0.15, 0.2) is 0 Å². The lowest BCUT2D eigenvalue weighted by Gasteiger charge is -2.09. The third-order valence-corrected chi connectivity index (χ3v) is 2.61. The molecule has 2 rings (SSSR count). The average Bonchev–Trinajstić information content (AvgIpc) is 2.53. The Bertz CT molecular complexity index is 274. The topological polar surface area (TPSA) is 54.4 Å². The van der Waals surface area contributed by atoms with Crippen LogP contribution in [0, 0.1) is 17.8 Å². The molecule has 0 heterocycles. The quantitative estimate of drug-likeness (QED) is 0.634. The van der Waals surface area contributed by atoms with Crippen molar-refractivity contribution < 1.29 is 23.5 Å². The van der Waals surface area contributed by atoms with Crippen molar-refractivity contribution in [1.29, 1.82) is 0 Å². The first-order chi connectivity index (χ1) is 5.45. The van der Waals surface area contributed by atoms with Crippen LogP contribution in [-0.4, -0.2) is 22.8 Å². The van der Waals surface area contributed by atoms with E-state index in [1.165, 1.54) is 0 Å². The minimum absolute atomic E-state index is 0.576. The molecular weight excluding hydrogens is 170 g/mol. The summed E-state index contributed by atoms with van der Waals surface area (Å²) in [6.45, 7) is 0. The number of ketones is 1. The molecule has 3 atom stereocenters. The number of alkyl halides is 2. The summed E-state index contributed by atoms with van der Waals surface area (Å²) in [5.41, 5.74) is 0. The molecule has 0 saturated heterocycles. The van der Waals surface area contributed by atoms with Gasteiger partial charge in [0.15, 0.2) is 0 Å². The first-order valence-corrected chi connectivity index (χ1v) is 3.60. The van der Waals surface area contributed by atoms with Crippen LogP contribution < -0.4 is 0 Å². The van der Waals surface area contributed by atoms with Crippen LogP contribution in [0.1, 0.15) is 6.42 Å². The summed E-state index contributed by atoms with van der Waals surface area (Å²) in [4.78, 5) is 21.1. The van der Waals surface area contributed by atoms with Crippen molar-refractivity contribution in [2.24, 2.45) is 17.8 Å². The van der Waals surface area contributed by atoms with Gasteiger partial charge in [-0.15, -0.1) is 0 Å². The van der Waals surface area contributed by atoms with Gasteiger partial charge in [0, 0.05) is 12.3 Å². The molecule has 0 amide bonds. The number of carbonyl (C=O) groups excluding carboxylic acids is 1. The minimum Gasteiger partial charge on any atom is -0.481 e. The zero-order valence-electron chi connectivity index (χ0n) is 5.96. The van der Waals surface area contributed by atoms with Gasteiger partial charge in [-0.25, -0.2) is 0 Å². The van der Waals surface area contributed by atoms with Crippen LogP contribution in [0.5, 0.6) is 0 Å². The largest absolute Gasteiger partial charge is 0.481 e. The third kappa shape index (κ3) is 0.735. The summed E-state index contributed by atoms with van der Waals surface area (Å²) in [6, 6.07) is 0. The molecule has 0 aromatic rings.